The zero-order valence-corrected chi connectivity index (χ0v) is 14.7. The second kappa shape index (κ2) is 7.51. The molecule has 0 spiro atoms. The molecule has 1 aromatic heterocycles. The van der Waals surface area contributed by atoms with E-state index >= 15 is 0 Å². The normalized spacial score (nSPS) is 15.4. The van der Waals surface area contributed by atoms with Gasteiger partial charge in [0.15, 0.2) is 0 Å². The van der Waals surface area contributed by atoms with Crippen molar-refractivity contribution in [3.05, 3.63) is 41.7 Å². The Bertz CT molecular complexity index is 664. The van der Waals surface area contributed by atoms with E-state index in [0.717, 1.165) is 48.8 Å². The molecule has 1 N–H and O–H groups in total. The van der Waals surface area contributed by atoms with Gasteiger partial charge in [0.1, 0.15) is 23.2 Å². The summed E-state index contributed by atoms with van der Waals surface area (Å²) in [6.45, 7) is 7.17. The fourth-order valence-electron chi connectivity index (χ4n) is 2.98. The maximum atomic E-state index is 5.19. The molecule has 1 aromatic carbocycles. The number of hydrogen-bond donors (Lipinski definition) is 1. The van der Waals surface area contributed by atoms with Crippen LogP contribution in [-0.4, -0.2) is 30.2 Å². The summed E-state index contributed by atoms with van der Waals surface area (Å²) in [7, 11) is 1.68. The highest BCUT2D eigenvalue weighted by Crippen LogP contribution is 2.23. The summed E-state index contributed by atoms with van der Waals surface area (Å²) in [5.41, 5.74) is 1.19. The first-order chi connectivity index (χ1) is 11.6. The molecule has 1 aliphatic heterocycles. The third-order valence-electron chi connectivity index (χ3n) is 4.56. The first-order valence-corrected chi connectivity index (χ1v) is 8.61. The number of aryl methyl sites for hydroxylation is 1. The van der Waals surface area contributed by atoms with Crippen LogP contribution in [0.5, 0.6) is 5.75 Å². The third kappa shape index (κ3) is 4.16. The van der Waals surface area contributed by atoms with E-state index in [2.05, 4.69) is 45.3 Å². The van der Waals surface area contributed by atoms with E-state index in [0.29, 0.717) is 0 Å². The van der Waals surface area contributed by atoms with Crippen LogP contribution in [-0.2, 0) is 6.54 Å². The van der Waals surface area contributed by atoms with Crippen molar-refractivity contribution < 1.29 is 4.74 Å². The van der Waals surface area contributed by atoms with Gasteiger partial charge in [0.05, 0.1) is 7.11 Å². The van der Waals surface area contributed by atoms with Crippen LogP contribution in [0.15, 0.2) is 30.3 Å². The van der Waals surface area contributed by atoms with Gasteiger partial charge < -0.3 is 15.0 Å². The Balaban J connectivity index is 1.66. The van der Waals surface area contributed by atoms with E-state index in [4.69, 9.17) is 4.74 Å². The molecule has 0 radical (unpaired) electrons. The molecule has 5 heteroatoms. The van der Waals surface area contributed by atoms with Gasteiger partial charge in [0, 0.05) is 25.7 Å². The molecular formula is C19H26N4O. The van der Waals surface area contributed by atoms with E-state index in [1.54, 1.807) is 7.11 Å². The largest absolute Gasteiger partial charge is 0.497 e. The SMILES string of the molecule is COc1ccc(CNc2cc(N3CCC(C)CC3)nc(C)n2)cc1. The maximum Gasteiger partial charge on any atom is 0.134 e. The lowest BCUT2D eigenvalue weighted by atomic mass is 9.99. The minimum Gasteiger partial charge on any atom is -0.497 e. The van der Waals surface area contributed by atoms with Gasteiger partial charge in [0.25, 0.3) is 0 Å². The van der Waals surface area contributed by atoms with Crippen molar-refractivity contribution in [1.29, 1.82) is 0 Å². The first kappa shape index (κ1) is 16.6. The number of hydrogen-bond acceptors (Lipinski definition) is 5. The van der Waals surface area contributed by atoms with Crippen molar-refractivity contribution in [1.82, 2.24) is 9.97 Å². The smallest absolute Gasteiger partial charge is 0.134 e. The van der Waals surface area contributed by atoms with Gasteiger partial charge in [0.2, 0.25) is 0 Å². The third-order valence-corrected chi connectivity index (χ3v) is 4.56. The van der Waals surface area contributed by atoms with Gasteiger partial charge in [-0.25, -0.2) is 9.97 Å². The van der Waals surface area contributed by atoms with Gasteiger partial charge in [-0.1, -0.05) is 19.1 Å². The van der Waals surface area contributed by atoms with Crippen molar-refractivity contribution in [3.63, 3.8) is 0 Å². The lowest BCUT2D eigenvalue weighted by Crippen LogP contribution is -2.33. The Morgan fingerprint density at radius 1 is 1.17 bits per heavy atom. The number of aromatic nitrogens is 2. The average Bonchev–Trinajstić information content (AvgIpc) is 2.60. The number of ether oxygens (including phenoxy) is 1. The van der Waals surface area contributed by atoms with Gasteiger partial charge in [-0.3, -0.25) is 0 Å². The number of benzene rings is 1. The number of rotatable bonds is 5. The van der Waals surface area contributed by atoms with Gasteiger partial charge in [-0.2, -0.15) is 0 Å². The number of piperidine rings is 1. The molecule has 0 amide bonds. The molecule has 0 bridgehead atoms. The van der Waals surface area contributed by atoms with E-state index in [1.165, 1.54) is 18.4 Å². The van der Waals surface area contributed by atoms with Crippen molar-refractivity contribution in [2.24, 2.45) is 5.92 Å². The predicted molar refractivity (Wildman–Crippen MR) is 97.7 cm³/mol. The highest BCUT2D eigenvalue weighted by molar-refractivity contribution is 5.50. The van der Waals surface area contributed by atoms with Gasteiger partial charge in [-0.15, -0.1) is 0 Å². The van der Waals surface area contributed by atoms with Crippen LogP contribution in [0, 0.1) is 12.8 Å². The second-order valence-electron chi connectivity index (χ2n) is 6.53. The lowest BCUT2D eigenvalue weighted by Gasteiger charge is -2.31. The summed E-state index contributed by atoms with van der Waals surface area (Å²) >= 11 is 0. The van der Waals surface area contributed by atoms with E-state index in [9.17, 15) is 0 Å². The molecule has 24 heavy (non-hydrogen) atoms. The van der Waals surface area contributed by atoms with Crippen LogP contribution < -0.4 is 15.0 Å². The molecule has 0 unspecified atom stereocenters. The summed E-state index contributed by atoms with van der Waals surface area (Å²) in [5.74, 6) is 4.41. The molecule has 0 aliphatic carbocycles. The second-order valence-corrected chi connectivity index (χ2v) is 6.53. The van der Waals surface area contributed by atoms with Gasteiger partial charge in [-0.05, 0) is 43.4 Å². The molecule has 1 aliphatic rings. The fourth-order valence-corrected chi connectivity index (χ4v) is 2.98. The quantitative estimate of drug-likeness (QED) is 0.909. The number of anilines is 2. The lowest BCUT2D eigenvalue weighted by molar-refractivity contribution is 0.414. The zero-order chi connectivity index (χ0) is 16.9. The number of nitrogens with zero attached hydrogens (tertiary/aromatic N) is 3. The number of nitrogens with one attached hydrogen (secondary N) is 1. The van der Waals surface area contributed by atoms with Crippen molar-refractivity contribution in [2.45, 2.75) is 33.2 Å². The topological polar surface area (TPSA) is 50.3 Å². The van der Waals surface area contributed by atoms with E-state index < -0.39 is 0 Å². The fraction of sp³-hybridized carbons (Fsp3) is 0.474. The first-order valence-electron chi connectivity index (χ1n) is 8.61. The molecule has 2 aromatic rings. The van der Waals surface area contributed by atoms with Crippen LogP contribution in [0.4, 0.5) is 11.6 Å². The number of methoxy groups -OCH3 is 1. The minimum absolute atomic E-state index is 0.733. The van der Waals surface area contributed by atoms with Crippen molar-refractivity contribution in [3.8, 4) is 5.75 Å². The van der Waals surface area contributed by atoms with Crippen LogP contribution >= 0.6 is 0 Å². The predicted octanol–water partition coefficient (Wildman–Crippen LogP) is 3.64. The summed E-state index contributed by atoms with van der Waals surface area (Å²) in [5, 5.41) is 3.41. The molecule has 128 valence electrons. The Morgan fingerprint density at radius 2 is 1.88 bits per heavy atom. The Kier molecular flexibility index (Phi) is 5.18. The van der Waals surface area contributed by atoms with Crippen LogP contribution in [0.1, 0.15) is 31.2 Å². The molecule has 5 nitrogen and oxygen atoms in total. The highest BCUT2D eigenvalue weighted by Gasteiger charge is 2.17. The van der Waals surface area contributed by atoms with Crippen molar-refractivity contribution in [2.75, 3.05) is 30.4 Å². The standard InChI is InChI=1S/C19H26N4O/c1-14-8-10-23(11-9-14)19-12-18(21-15(2)22-19)20-13-16-4-6-17(24-3)7-5-16/h4-7,12,14H,8-11,13H2,1-3H3,(H,20,21,22). The van der Waals surface area contributed by atoms with E-state index in [-0.39, 0.29) is 0 Å². The Labute approximate surface area is 144 Å². The zero-order valence-electron chi connectivity index (χ0n) is 14.7. The molecular weight excluding hydrogens is 300 g/mol. The minimum atomic E-state index is 0.733. The molecule has 2 heterocycles. The Hall–Kier alpha value is -2.30. The van der Waals surface area contributed by atoms with Crippen LogP contribution in [0.2, 0.25) is 0 Å². The maximum absolute atomic E-state index is 5.19. The summed E-state index contributed by atoms with van der Waals surface area (Å²) in [6, 6.07) is 10.1. The monoisotopic (exact) mass is 326 g/mol. The summed E-state index contributed by atoms with van der Waals surface area (Å²) < 4.78 is 5.19. The molecule has 0 atom stereocenters. The molecule has 0 saturated carbocycles. The summed E-state index contributed by atoms with van der Waals surface area (Å²) in [4.78, 5) is 11.5. The highest BCUT2D eigenvalue weighted by atomic mass is 16.5. The van der Waals surface area contributed by atoms with Crippen LogP contribution in [0.25, 0.3) is 0 Å². The van der Waals surface area contributed by atoms with Crippen LogP contribution in [0.3, 0.4) is 0 Å². The summed E-state index contributed by atoms with van der Waals surface area (Å²) in [6.07, 6.45) is 2.47. The Morgan fingerprint density at radius 3 is 2.54 bits per heavy atom. The molecule has 1 saturated heterocycles. The van der Waals surface area contributed by atoms with Crippen molar-refractivity contribution >= 4 is 11.6 Å². The molecule has 3 rings (SSSR count). The van der Waals surface area contributed by atoms with E-state index in [1.807, 2.05) is 19.1 Å². The molecule has 1 fully saturated rings. The average molecular weight is 326 g/mol. The van der Waals surface area contributed by atoms with Gasteiger partial charge >= 0.3 is 0 Å².